The largest absolute Gasteiger partial charge is 0.323 e. The summed E-state index contributed by atoms with van der Waals surface area (Å²) in [5.74, 6) is 1.13. The lowest BCUT2D eigenvalue weighted by Gasteiger charge is -2.24. The number of hydrogen-bond donors (Lipinski definition) is 1. The quantitative estimate of drug-likeness (QED) is 0.771. The molecule has 4 unspecified atom stereocenters. The van der Waals surface area contributed by atoms with Crippen molar-refractivity contribution in [1.29, 1.82) is 0 Å². The molecule has 1 saturated carbocycles. The Morgan fingerprint density at radius 1 is 1.24 bits per heavy atom. The summed E-state index contributed by atoms with van der Waals surface area (Å²) in [5.41, 5.74) is 0. The summed E-state index contributed by atoms with van der Waals surface area (Å²) in [7, 11) is 0. The second-order valence-electron chi connectivity index (χ2n) is 5.53. The molecule has 4 atom stereocenters. The van der Waals surface area contributed by atoms with Crippen molar-refractivity contribution in [3.8, 4) is 0 Å². The van der Waals surface area contributed by atoms with Crippen molar-refractivity contribution in [3.63, 3.8) is 0 Å². The first-order valence-electron chi connectivity index (χ1n) is 7.31. The third-order valence-electron chi connectivity index (χ3n) is 4.15. The van der Waals surface area contributed by atoms with Gasteiger partial charge in [-0.1, -0.05) is 33.6 Å². The van der Waals surface area contributed by atoms with Crippen LogP contribution in [0.3, 0.4) is 0 Å². The lowest BCUT2D eigenvalue weighted by molar-refractivity contribution is -0.130. The van der Waals surface area contributed by atoms with Gasteiger partial charge < -0.3 is 4.90 Å². The van der Waals surface area contributed by atoms with Gasteiger partial charge in [-0.05, 0) is 31.6 Å². The zero-order valence-electron chi connectivity index (χ0n) is 11.4. The van der Waals surface area contributed by atoms with Gasteiger partial charge >= 0.3 is 0 Å². The lowest BCUT2D eigenvalue weighted by Crippen LogP contribution is -2.39. The number of hydrogen-bond acceptors (Lipinski definition) is 2. The molecule has 0 aromatic carbocycles. The van der Waals surface area contributed by atoms with Gasteiger partial charge in [0.15, 0.2) is 0 Å². The second-order valence-corrected chi connectivity index (χ2v) is 5.53. The SMILES string of the molecule is CCCC1CC1N1C(=O)C(CC)NC1CCC. The second kappa shape index (κ2) is 5.38. The minimum absolute atomic E-state index is 0.0782. The highest BCUT2D eigenvalue weighted by molar-refractivity contribution is 5.85. The number of amides is 1. The van der Waals surface area contributed by atoms with Crippen LogP contribution >= 0.6 is 0 Å². The molecule has 98 valence electrons. The first kappa shape index (κ1) is 12.9. The van der Waals surface area contributed by atoms with Crippen LogP contribution in [0, 0.1) is 5.92 Å². The summed E-state index contributed by atoms with van der Waals surface area (Å²) in [6, 6.07) is 0.623. The van der Waals surface area contributed by atoms with E-state index in [0.29, 0.717) is 18.1 Å². The third-order valence-corrected chi connectivity index (χ3v) is 4.15. The van der Waals surface area contributed by atoms with Crippen LogP contribution in [0.15, 0.2) is 0 Å². The van der Waals surface area contributed by atoms with Crippen LogP contribution in [-0.4, -0.2) is 29.1 Å². The van der Waals surface area contributed by atoms with Crippen molar-refractivity contribution >= 4 is 5.91 Å². The molecule has 1 heterocycles. The standard InChI is InChI=1S/C14H26N2O/c1-4-7-10-9-12(10)16-13(8-5-2)15-11(6-3)14(16)17/h10-13,15H,4-9H2,1-3H3. The molecule has 1 aliphatic carbocycles. The molecular formula is C14H26N2O. The summed E-state index contributed by atoms with van der Waals surface area (Å²) in [4.78, 5) is 14.5. The van der Waals surface area contributed by atoms with E-state index in [1.807, 2.05) is 0 Å². The molecule has 17 heavy (non-hydrogen) atoms. The Bertz CT molecular complexity index is 279. The van der Waals surface area contributed by atoms with E-state index in [1.54, 1.807) is 0 Å². The summed E-state index contributed by atoms with van der Waals surface area (Å²) in [6.45, 7) is 6.52. The molecule has 0 bridgehead atoms. The number of rotatable bonds is 6. The molecule has 0 spiro atoms. The average Bonchev–Trinajstić information content (AvgIpc) is 2.98. The fourth-order valence-electron chi connectivity index (χ4n) is 3.15. The van der Waals surface area contributed by atoms with Gasteiger partial charge in [0.1, 0.15) is 0 Å². The fourth-order valence-corrected chi connectivity index (χ4v) is 3.15. The highest BCUT2D eigenvalue weighted by atomic mass is 16.2. The van der Waals surface area contributed by atoms with Crippen LogP contribution in [0.25, 0.3) is 0 Å². The van der Waals surface area contributed by atoms with Gasteiger partial charge in [0.05, 0.1) is 12.2 Å². The van der Waals surface area contributed by atoms with Gasteiger partial charge in [-0.25, -0.2) is 0 Å². The average molecular weight is 238 g/mol. The van der Waals surface area contributed by atoms with E-state index in [4.69, 9.17) is 0 Å². The van der Waals surface area contributed by atoms with Crippen molar-refractivity contribution in [2.45, 2.75) is 77.5 Å². The van der Waals surface area contributed by atoms with E-state index in [2.05, 4.69) is 31.0 Å². The first-order valence-corrected chi connectivity index (χ1v) is 7.31. The Hall–Kier alpha value is -0.570. The van der Waals surface area contributed by atoms with Crippen molar-refractivity contribution in [1.82, 2.24) is 10.2 Å². The topological polar surface area (TPSA) is 32.3 Å². The van der Waals surface area contributed by atoms with E-state index < -0.39 is 0 Å². The fraction of sp³-hybridized carbons (Fsp3) is 0.929. The van der Waals surface area contributed by atoms with Gasteiger partial charge in [-0.15, -0.1) is 0 Å². The zero-order valence-corrected chi connectivity index (χ0v) is 11.4. The highest BCUT2D eigenvalue weighted by Gasteiger charge is 2.50. The molecule has 0 radical (unpaired) electrons. The van der Waals surface area contributed by atoms with Crippen LogP contribution in [0.4, 0.5) is 0 Å². The summed E-state index contributed by atoms with van der Waals surface area (Å²) >= 11 is 0. The molecule has 2 fully saturated rings. The van der Waals surface area contributed by atoms with Crippen LogP contribution in [-0.2, 0) is 4.79 Å². The Morgan fingerprint density at radius 2 is 1.94 bits per heavy atom. The maximum absolute atomic E-state index is 12.3. The van der Waals surface area contributed by atoms with Gasteiger partial charge in [0.2, 0.25) is 5.91 Å². The normalized spacial score (nSPS) is 36.6. The molecule has 2 rings (SSSR count). The molecule has 3 nitrogen and oxygen atoms in total. The third kappa shape index (κ3) is 2.49. The number of nitrogens with one attached hydrogen (secondary N) is 1. The van der Waals surface area contributed by atoms with Gasteiger partial charge in [0, 0.05) is 6.04 Å². The van der Waals surface area contributed by atoms with E-state index in [0.717, 1.165) is 25.2 Å². The minimum Gasteiger partial charge on any atom is -0.323 e. The lowest BCUT2D eigenvalue weighted by atomic mass is 10.2. The molecule has 2 aliphatic rings. The van der Waals surface area contributed by atoms with Crippen LogP contribution in [0.1, 0.15) is 59.3 Å². The molecule has 1 amide bonds. The maximum Gasteiger partial charge on any atom is 0.241 e. The Balaban J connectivity index is 2.00. The van der Waals surface area contributed by atoms with Crippen LogP contribution in [0.5, 0.6) is 0 Å². The minimum atomic E-state index is 0.0782. The van der Waals surface area contributed by atoms with Gasteiger partial charge in [-0.2, -0.15) is 0 Å². The maximum atomic E-state index is 12.3. The summed E-state index contributed by atoms with van der Waals surface area (Å²) in [5, 5.41) is 3.50. The van der Waals surface area contributed by atoms with Crippen LogP contribution in [0.2, 0.25) is 0 Å². The van der Waals surface area contributed by atoms with Crippen molar-refractivity contribution < 1.29 is 4.79 Å². The Morgan fingerprint density at radius 3 is 2.53 bits per heavy atom. The molecule has 1 N–H and O–H groups in total. The first-order chi connectivity index (χ1) is 8.22. The van der Waals surface area contributed by atoms with Crippen LogP contribution < -0.4 is 5.32 Å². The summed E-state index contributed by atoms with van der Waals surface area (Å²) < 4.78 is 0. The monoisotopic (exact) mass is 238 g/mol. The summed E-state index contributed by atoms with van der Waals surface area (Å²) in [6.07, 6.45) is 7.22. The predicted octanol–water partition coefficient (Wildman–Crippen LogP) is 2.51. The molecular weight excluding hydrogens is 212 g/mol. The molecule has 3 heteroatoms. The molecule has 1 saturated heterocycles. The molecule has 0 aromatic heterocycles. The van der Waals surface area contributed by atoms with E-state index >= 15 is 0 Å². The molecule has 0 aromatic rings. The van der Waals surface area contributed by atoms with E-state index in [-0.39, 0.29) is 6.04 Å². The van der Waals surface area contributed by atoms with Gasteiger partial charge in [0.25, 0.3) is 0 Å². The Labute approximate surface area is 105 Å². The van der Waals surface area contributed by atoms with Crippen molar-refractivity contribution in [2.75, 3.05) is 0 Å². The van der Waals surface area contributed by atoms with Gasteiger partial charge in [-0.3, -0.25) is 10.1 Å². The number of carbonyl (C=O) groups is 1. The highest BCUT2D eigenvalue weighted by Crippen LogP contribution is 2.42. The van der Waals surface area contributed by atoms with E-state index in [9.17, 15) is 4.79 Å². The number of nitrogens with zero attached hydrogens (tertiary/aromatic N) is 1. The predicted molar refractivity (Wildman–Crippen MR) is 69.6 cm³/mol. The number of carbonyl (C=O) groups excluding carboxylic acids is 1. The molecule has 1 aliphatic heterocycles. The van der Waals surface area contributed by atoms with Crippen molar-refractivity contribution in [3.05, 3.63) is 0 Å². The van der Waals surface area contributed by atoms with Crippen molar-refractivity contribution in [2.24, 2.45) is 5.92 Å². The smallest absolute Gasteiger partial charge is 0.241 e. The zero-order chi connectivity index (χ0) is 12.4. The Kier molecular flexibility index (Phi) is 4.08. The van der Waals surface area contributed by atoms with E-state index in [1.165, 1.54) is 19.3 Å².